The highest BCUT2D eigenvalue weighted by molar-refractivity contribution is 5.97. The van der Waals surface area contributed by atoms with E-state index in [1.165, 1.54) is 0 Å². The molecule has 26 heavy (non-hydrogen) atoms. The van der Waals surface area contributed by atoms with E-state index in [9.17, 15) is 4.79 Å². The Hall–Kier alpha value is -3.29. The number of benzene rings is 1. The van der Waals surface area contributed by atoms with Crippen molar-refractivity contribution in [1.29, 1.82) is 0 Å². The van der Waals surface area contributed by atoms with Crippen LogP contribution in [-0.4, -0.2) is 62.2 Å². The van der Waals surface area contributed by atoms with E-state index in [2.05, 4.69) is 25.4 Å². The molecule has 2 aromatic heterocycles. The van der Waals surface area contributed by atoms with Crippen molar-refractivity contribution in [2.24, 2.45) is 0 Å². The molecule has 8 heteroatoms. The zero-order chi connectivity index (χ0) is 17.9. The number of carbonyl (C=O) groups excluding carboxylic acids is 1. The summed E-state index contributed by atoms with van der Waals surface area (Å²) in [7, 11) is 0. The molecule has 1 fully saturated rings. The van der Waals surface area contributed by atoms with E-state index in [-0.39, 0.29) is 5.91 Å². The minimum absolute atomic E-state index is 0.00355. The van der Waals surface area contributed by atoms with Gasteiger partial charge in [0.1, 0.15) is 5.82 Å². The summed E-state index contributed by atoms with van der Waals surface area (Å²) in [5.41, 5.74) is 1.31. The summed E-state index contributed by atoms with van der Waals surface area (Å²) in [4.78, 5) is 21.5. The van der Waals surface area contributed by atoms with Gasteiger partial charge in [-0.05, 0) is 41.6 Å². The van der Waals surface area contributed by atoms with Crippen LogP contribution in [0.5, 0.6) is 0 Å². The number of pyridine rings is 1. The summed E-state index contributed by atoms with van der Waals surface area (Å²) in [5.74, 6) is 1.59. The molecule has 132 valence electrons. The van der Waals surface area contributed by atoms with Gasteiger partial charge in [-0.15, -0.1) is 5.10 Å². The van der Waals surface area contributed by atoms with Crippen LogP contribution in [0.3, 0.4) is 0 Å². The maximum absolute atomic E-state index is 13.1. The molecule has 0 aliphatic carbocycles. The number of para-hydroxylation sites is 1. The normalized spacial score (nSPS) is 14.5. The van der Waals surface area contributed by atoms with Crippen molar-refractivity contribution >= 4 is 11.7 Å². The molecular weight excluding hydrogens is 330 g/mol. The average molecular weight is 349 g/mol. The number of nitrogens with zero attached hydrogens (tertiary/aromatic N) is 7. The fourth-order valence-electron chi connectivity index (χ4n) is 3.14. The first-order valence-corrected chi connectivity index (χ1v) is 8.53. The van der Waals surface area contributed by atoms with E-state index in [0.29, 0.717) is 30.2 Å². The molecule has 0 spiro atoms. The van der Waals surface area contributed by atoms with E-state index < -0.39 is 0 Å². The minimum atomic E-state index is -0.00355. The Balaban J connectivity index is 1.52. The number of aromatic nitrogens is 5. The number of aryl methyl sites for hydroxylation is 1. The van der Waals surface area contributed by atoms with E-state index in [1.54, 1.807) is 10.9 Å². The lowest BCUT2D eigenvalue weighted by Crippen LogP contribution is -2.49. The van der Waals surface area contributed by atoms with Crippen molar-refractivity contribution in [3.63, 3.8) is 0 Å². The topological polar surface area (TPSA) is 80.0 Å². The molecule has 3 aromatic rings. The summed E-state index contributed by atoms with van der Waals surface area (Å²) in [5, 5.41) is 11.6. The van der Waals surface area contributed by atoms with E-state index in [0.717, 1.165) is 18.9 Å². The molecule has 1 aliphatic heterocycles. The number of anilines is 1. The second-order valence-corrected chi connectivity index (χ2v) is 6.12. The van der Waals surface area contributed by atoms with Gasteiger partial charge in [0.15, 0.2) is 5.82 Å². The van der Waals surface area contributed by atoms with Gasteiger partial charge in [0, 0.05) is 32.4 Å². The van der Waals surface area contributed by atoms with Gasteiger partial charge in [0.05, 0.1) is 11.3 Å². The molecule has 1 amide bonds. The highest BCUT2D eigenvalue weighted by Crippen LogP contribution is 2.19. The maximum atomic E-state index is 13.1. The van der Waals surface area contributed by atoms with Gasteiger partial charge in [-0.3, -0.25) is 4.79 Å². The second kappa shape index (κ2) is 6.91. The Kier molecular flexibility index (Phi) is 4.30. The van der Waals surface area contributed by atoms with Gasteiger partial charge >= 0.3 is 0 Å². The van der Waals surface area contributed by atoms with Crippen molar-refractivity contribution in [2.75, 3.05) is 31.1 Å². The quantitative estimate of drug-likeness (QED) is 0.710. The first-order chi connectivity index (χ1) is 12.7. The number of carbonyl (C=O) groups is 1. The predicted octanol–water partition coefficient (Wildman–Crippen LogP) is 1.33. The Labute approximate surface area is 151 Å². The van der Waals surface area contributed by atoms with Crippen molar-refractivity contribution < 1.29 is 4.79 Å². The number of amides is 1. The third kappa shape index (κ3) is 3.01. The molecule has 0 bridgehead atoms. The fraction of sp³-hybridized carbons (Fsp3) is 0.278. The summed E-state index contributed by atoms with van der Waals surface area (Å²) < 4.78 is 1.59. The van der Waals surface area contributed by atoms with Gasteiger partial charge in [-0.1, -0.05) is 18.2 Å². The minimum Gasteiger partial charge on any atom is -0.353 e. The number of hydrogen-bond donors (Lipinski definition) is 0. The third-order valence-electron chi connectivity index (χ3n) is 4.53. The Morgan fingerprint density at radius 1 is 1.00 bits per heavy atom. The number of rotatable bonds is 3. The van der Waals surface area contributed by atoms with Crippen LogP contribution in [0.25, 0.3) is 5.69 Å². The maximum Gasteiger partial charge on any atom is 0.256 e. The zero-order valence-corrected chi connectivity index (χ0v) is 14.5. The molecule has 3 heterocycles. The molecule has 8 nitrogen and oxygen atoms in total. The highest BCUT2D eigenvalue weighted by atomic mass is 16.2. The van der Waals surface area contributed by atoms with E-state index in [4.69, 9.17) is 0 Å². The van der Waals surface area contributed by atoms with Gasteiger partial charge in [-0.25, -0.2) is 4.98 Å². The molecule has 0 saturated carbocycles. The molecule has 1 aliphatic rings. The van der Waals surface area contributed by atoms with Crippen LogP contribution in [0.15, 0.2) is 48.7 Å². The van der Waals surface area contributed by atoms with E-state index in [1.807, 2.05) is 54.3 Å². The molecule has 4 rings (SSSR count). The van der Waals surface area contributed by atoms with Gasteiger partial charge in [0.25, 0.3) is 5.91 Å². The van der Waals surface area contributed by atoms with Crippen LogP contribution in [-0.2, 0) is 0 Å². The number of hydrogen-bond acceptors (Lipinski definition) is 6. The Morgan fingerprint density at radius 2 is 1.77 bits per heavy atom. The third-order valence-corrected chi connectivity index (χ3v) is 4.53. The monoisotopic (exact) mass is 349 g/mol. The molecule has 0 N–H and O–H groups in total. The van der Waals surface area contributed by atoms with Crippen molar-refractivity contribution in [3.05, 3.63) is 60.0 Å². The van der Waals surface area contributed by atoms with Crippen molar-refractivity contribution in [2.45, 2.75) is 6.92 Å². The van der Waals surface area contributed by atoms with Gasteiger partial charge < -0.3 is 9.80 Å². The molecule has 1 aromatic carbocycles. The predicted molar refractivity (Wildman–Crippen MR) is 96.2 cm³/mol. The summed E-state index contributed by atoms with van der Waals surface area (Å²) in [6.45, 7) is 4.63. The lowest BCUT2D eigenvalue weighted by Gasteiger charge is -2.35. The van der Waals surface area contributed by atoms with Gasteiger partial charge in [-0.2, -0.15) is 4.68 Å². The highest BCUT2D eigenvalue weighted by Gasteiger charge is 2.25. The first-order valence-electron chi connectivity index (χ1n) is 8.53. The molecular formula is C18H19N7O. The molecule has 1 saturated heterocycles. The Morgan fingerprint density at radius 3 is 2.46 bits per heavy atom. The summed E-state index contributed by atoms with van der Waals surface area (Å²) >= 11 is 0. The van der Waals surface area contributed by atoms with E-state index >= 15 is 0 Å². The van der Waals surface area contributed by atoms with Crippen LogP contribution in [0.4, 0.5) is 5.82 Å². The molecule has 0 radical (unpaired) electrons. The van der Waals surface area contributed by atoms with Crippen LogP contribution in [0.1, 0.15) is 16.2 Å². The summed E-state index contributed by atoms with van der Waals surface area (Å²) in [6, 6.07) is 13.3. The standard InChI is InChI=1S/C18H19N7O/c1-14-20-21-22-25(14)16-7-3-2-6-15(16)18(26)24-12-10-23(11-13-24)17-8-4-5-9-19-17/h2-9H,10-13H2,1H3. The smallest absolute Gasteiger partial charge is 0.256 e. The van der Waals surface area contributed by atoms with Crippen LogP contribution < -0.4 is 4.90 Å². The largest absolute Gasteiger partial charge is 0.353 e. The number of piperazine rings is 1. The molecule has 0 unspecified atom stereocenters. The van der Waals surface area contributed by atoms with Gasteiger partial charge in [0.2, 0.25) is 0 Å². The lowest BCUT2D eigenvalue weighted by atomic mass is 10.1. The van der Waals surface area contributed by atoms with Crippen LogP contribution in [0, 0.1) is 6.92 Å². The van der Waals surface area contributed by atoms with Crippen molar-refractivity contribution in [3.8, 4) is 5.69 Å². The first kappa shape index (κ1) is 16.2. The zero-order valence-electron chi connectivity index (χ0n) is 14.5. The van der Waals surface area contributed by atoms with Crippen LogP contribution >= 0.6 is 0 Å². The van der Waals surface area contributed by atoms with Crippen LogP contribution in [0.2, 0.25) is 0 Å². The average Bonchev–Trinajstić information content (AvgIpc) is 3.14. The molecule has 0 atom stereocenters. The fourth-order valence-corrected chi connectivity index (χ4v) is 3.14. The lowest BCUT2D eigenvalue weighted by molar-refractivity contribution is 0.0746. The summed E-state index contributed by atoms with van der Waals surface area (Å²) in [6.07, 6.45) is 1.79. The Bertz CT molecular complexity index is 901. The van der Waals surface area contributed by atoms with Crippen molar-refractivity contribution in [1.82, 2.24) is 30.1 Å². The number of tetrazole rings is 1. The SMILES string of the molecule is Cc1nnnn1-c1ccccc1C(=O)N1CCN(c2ccccn2)CC1. The second-order valence-electron chi connectivity index (χ2n) is 6.12.